The van der Waals surface area contributed by atoms with Gasteiger partial charge in [-0.25, -0.2) is 13.8 Å². The summed E-state index contributed by atoms with van der Waals surface area (Å²) < 4.78 is 28.8. The van der Waals surface area contributed by atoms with Crippen LogP contribution in [0.2, 0.25) is 0 Å². The van der Waals surface area contributed by atoms with Gasteiger partial charge in [0, 0.05) is 17.8 Å². The Kier molecular flexibility index (Phi) is 8.18. The van der Waals surface area contributed by atoms with Gasteiger partial charge in [0.25, 0.3) is 6.43 Å². The first kappa shape index (κ1) is 17.5. The lowest BCUT2D eigenvalue weighted by Crippen LogP contribution is -2.14. The predicted molar refractivity (Wildman–Crippen MR) is 78.7 cm³/mol. The van der Waals surface area contributed by atoms with Crippen molar-refractivity contribution in [3.63, 3.8) is 0 Å². The summed E-state index contributed by atoms with van der Waals surface area (Å²) in [5.74, 6) is 0.375. The van der Waals surface area contributed by atoms with Crippen molar-refractivity contribution in [2.75, 3.05) is 19.8 Å². The third kappa shape index (κ3) is 6.24. The highest BCUT2D eigenvalue weighted by molar-refractivity contribution is 7.11. The number of hydrogen-bond acceptors (Lipinski definition) is 4. The highest BCUT2D eigenvalue weighted by Crippen LogP contribution is 2.25. The van der Waals surface area contributed by atoms with Gasteiger partial charge in [0.1, 0.15) is 6.61 Å². The zero-order valence-corrected chi connectivity index (χ0v) is 13.2. The van der Waals surface area contributed by atoms with Crippen molar-refractivity contribution in [1.29, 1.82) is 0 Å². The molecule has 1 heterocycles. The molecule has 0 aliphatic carbocycles. The number of alkyl halides is 2. The van der Waals surface area contributed by atoms with Crippen LogP contribution in [0.15, 0.2) is 0 Å². The Labute approximate surface area is 123 Å². The number of ether oxygens (including phenoxy) is 1. The molecule has 0 fully saturated rings. The van der Waals surface area contributed by atoms with E-state index in [4.69, 9.17) is 4.74 Å². The van der Waals surface area contributed by atoms with E-state index in [1.54, 1.807) is 11.3 Å². The lowest BCUT2D eigenvalue weighted by Gasteiger charge is -2.05. The summed E-state index contributed by atoms with van der Waals surface area (Å²) in [6.45, 7) is 8.00. The lowest BCUT2D eigenvalue weighted by atomic mass is 10.1. The summed E-state index contributed by atoms with van der Waals surface area (Å²) in [4.78, 5) is 5.86. The third-order valence-electron chi connectivity index (χ3n) is 2.74. The first-order chi connectivity index (χ1) is 9.54. The van der Waals surface area contributed by atoms with Gasteiger partial charge in [-0.2, -0.15) is 0 Å². The van der Waals surface area contributed by atoms with E-state index in [2.05, 4.69) is 31.1 Å². The smallest absolute Gasteiger partial charge is 0.261 e. The molecule has 1 aromatic heterocycles. The Morgan fingerprint density at radius 1 is 1.35 bits per heavy atom. The van der Waals surface area contributed by atoms with Crippen molar-refractivity contribution in [3.05, 3.63) is 15.6 Å². The van der Waals surface area contributed by atoms with Crippen molar-refractivity contribution in [3.8, 4) is 0 Å². The van der Waals surface area contributed by atoms with Crippen molar-refractivity contribution in [2.45, 2.75) is 52.5 Å². The molecule has 0 aliphatic heterocycles. The van der Waals surface area contributed by atoms with Crippen molar-refractivity contribution in [1.82, 2.24) is 10.3 Å². The summed E-state index contributed by atoms with van der Waals surface area (Å²) in [5.41, 5.74) is 1.11. The molecule has 116 valence electrons. The van der Waals surface area contributed by atoms with Crippen LogP contribution >= 0.6 is 11.3 Å². The number of nitrogens with zero attached hydrogens (tertiary/aromatic N) is 1. The Morgan fingerprint density at radius 2 is 2.10 bits per heavy atom. The average molecular weight is 306 g/mol. The minimum atomic E-state index is -2.40. The first-order valence-electron chi connectivity index (χ1n) is 7.09. The van der Waals surface area contributed by atoms with Gasteiger partial charge in [0.05, 0.1) is 17.3 Å². The van der Waals surface area contributed by atoms with Crippen LogP contribution < -0.4 is 5.32 Å². The van der Waals surface area contributed by atoms with Crippen molar-refractivity contribution in [2.24, 2.45) is 0 Å². The summed E-state index contributed by atoms with van der Waals surface area (Å²) in [5, 5.41) is 4.35. The maximum atomic E-state index is 12.0. The summed E-state index contributed by atoms with van der Waals surface area (Å²) in [6.07, 6.45) is -0.694. The molecule has 0 bridgehead atoms. The number of halogens is 2. The molecule has 0 saturated carbocycles. The van der Waals surface area contributed by atoms with Crippen LogP contribution in [0.3, 0.4) is 0 Å². The van der Waals surface area contributed by atoms with Crippen LogP contribution in [-0.2, 0) is 17.7 Å². The van der Waals surface area contributed by atoms with Crippen molar-refractivity contribution < 1.29 is 13.5 Å². The molecule has 0 saturated heterocycles. The molecule has 1 N–H and O–H groups in total. The van der Waals surface area contributed by atoms with E-state index < -0.39 is 13.0 Å². The van der Waals surface area contributed by atoms with Gasteiger partial charge in [-0.1, -0.05) is 20.8 Å². The van der Waals surface area contributed by atoms with Gasteiger partial charge in [-0.15, -0.1) is 11.3 Å². The number of thiazole rings is 1. The van der Waals surface area contributed by atoms with E-state index in [-0.39, 0.29) is 0 Å². The molecule has 3 nitrogen and oxygen atoms in total. The molecule has 0 spiro atoms. The quantitative estimate of drug-likeness (QED) is 0.671. The molecule has 0 aliphatic rings. The van der Waals surface area contributed by atoms with E-state index in [1.807, 2.05) is 0 Å². The van der Waals surface area contributed by atoms with E-state index >= 15 is 0 Å². The second kappa shape index (κ2) is 9.37. The molecule has 0 atom stereocenters. The second-order valence-electron chi connectivity index (χ2n) is 4.96. The second-order valence-corrected chi connectivity index (χ2v) is 6.13. The van der Waals surface area contributed by atoms with Crippen molar-refractivity contribution >= 4 is 11.3 Å². The normalized spacial score (nSPS) is 11.8. The van der Waals surface area contributed by atoms with E-state index in [1.165, 1.54) is 4.88 Å². The molecule has 0 amide bonds. The molecule has 6 heteroatoms. The van der Waals surface area contributed by atoms with Gasteiger partial charge in [0.15, 0.2) is 0 Å². The van der Waals surface area contributed by atoms with Crippen LogP contribution in [-0.4, -0.2) is 31.2 Å². The van der Waals surface area contributed by atoms with E-state index in [0.29, 0.717) is 18.9 Å². The maximum Gasteiger partial charge on any atom is 0.261 e. The third-order valence-corrected chi connectivity index (χ3v) is 3.87. The van der Waals surface area contributed by atoms with Gasteiger partial charge in [-0.3, -0.25) is 0 Å². The topological polar surface area (TPSA) is 34.1 Å². The van der Waals surface area contributed by atoms with Crippen LogP contribution in [0.5, 0.6) is 0 Å². The fourth-order valence-electron chi connectivity index (χ4n) is 1.81. The largest absolute Gasteiger partial charge is 0.375 e. The molecule has 1 rings (SSSR count). The first-order valence-corrected chi connectivity index (χ1v) is 7.91. The monoisotopic (exact) mass is 306 g/mol. The molecular weight excluding hydrogens is 282 g/mol. The Hall–Kier alpha value is -0.590. The minimum Gasteiger partial charge on any atom is -0.375 e. The molecule has 1 aromatic rings. The van der Waals surface area contributed by atoms with Gasteiger partial charge >= 0.3 is 0 Å². The fraction of sp³-hybridized carbons (Fsp3) is 0.786. The van der Waals surface area contributed by atoms with E-state index in [9.17, 15) is 8.78 Å². The van der Waals surface area contributed by atoms with Crippen LogP contribution in [0.1, 0.15) is 48.7 Å². The number of hydrogen-bond donors (Lipinski definition) is 1. The van der Waals surface area contributed by atoms with Crippen LogP contribution in [0.4, 0.5) is 8.78 Å². The van der Waals surface area contributed by atoms with Gasteiger partial charge in [0.2, 0.25) is 0 Å². The zero-order valence-electron chi connectivity index (χ0n) is 12.4. The SMILES string of the molecule is CCCNCc1sc(CCOCC(F)F)nc1C(C)C. The number of nitrogens with one attached hydrogen (secondary N) is 1. The summed E-state index contributed by atoms with van der Waals surface area (Å²) in [6, 6.07) is 0. The van der Waals surface area contributed by atoms with Gasteiger partial charge in [-0.05, 0) is 18.9 Å². The summed E-state index contributed by atoms with van der Waals surface area (Å²) >= 11 is 1.66. The highest BCUT2D eigenvalue weighted by Gasteiger charge is 2.14. The molecule has 0 unspecified atom stereocenters. The molecule has 0 radical (unpaired) electrons. The predicted octanol–water partition coefficient (Wildman–Crippen LogP) is 3.59. The summed E-state index contributed by atoms with van der Waals surface area (Å²) in [7, 11) is 0. The Bertz CT molecular complexity index is 383. The number of rotatable bonds is 10. The Balaban J connectivity index is 2.52. The molecule has 0 aromatic carbocycles. The van der Waals surface area contributed by atoms with E-state index in [0.717, 1.165) is 30.2 Å². The Morgan fingerprint density at radius 3 is 2.70 bits per heavy atom. The lowest BCUT2D eigenvalue weighted by molar-refractivity contribution is 0.0187. The average Bonchev–Trinajstić information content (AvgIpc) is 2.78. The maximum absolute atomic E-state index is 12.0. The minimum absolute atomic E-state index is 0.303. The number of aromatic nitrogens is 1. The fourth-order valence-corrected chi connectivity index (χ4v) is 2.98. The van der Waals surface area contributed by atoms with Gasteiger partial charge < -0.3 is 10.1 Å². The van der Waals surface area contributed by atoms with Crippen LogP contribution in [0, 0.1) is 0 Å². The standard InChI is InChI=1S/C14H24F2N2OS/c1-4-6-17-8-11-14(10(2)3)18-13(20-11)5-7-19-9-12(15)16/h10,12,17H,4-9H2,1-3H3. The highest BCUT2D eigenvalue weighted by atomic mass is 32.1. The van der Waals surface area contributed by atoms with Crippen LogP contribution in [0.25, 0.3) is 0 Å². The molecule has 20 heavy (non-hydrogen) atoms. The zero-order chi connectivity index (χ0) is 15.0. The molecular formula is C14H24F2N2OS.